The first-order valence-electron chi connectivity index (χ1n) is 9.25. The number of hydrogen-bond acceptors (Lipinski definition) is 9. The monoisotopic (exact) mass is 471 g/mol. The Kier molecular flexibility index (Phi) is 4.64. The lowest BCUT2D eigenvalue weighted by molar-refractivity contribution is 0.0656. The molecule has 32 heavy (non-hydrogen) atoms. The number of nitrogens with zero attached hydrogens (tertiary/aromatic N) is 3. The molecule has 3 heterocycles. The molecular formula is C19H13N5O6S2. The molecule has 1 aliphatic heterocycles. The van der Waals surface area contributed by atoms with Crippen LogP contribution in [0.4, 0.5) is 5.13 Å². The summed E-state index contributed by atoms with van der Waals surface area (Å²) in [6.07, 6.45) is 0.228. The Balaban J connectivity index is 1.28. The van der Waals surface area contributed by atoms with Crippen molar-refractivity contribution in [1.29, 1.82) is 0 Å². The number of oxazole rings is 1. The van der Waals surface area contributed by atoms with Gasteiger partial charge in [0.2, 0.25) is 5.13 Å². The third-order valence-corrected chi connectivity index (χ3v) is 7.18. The van der Waals surface area contributed by atoms with Crippen LogP contribution in [0, 0.1) is 0 Å². The second kappa shape index (κ2) is 7.39. The van der Waals surface area contributed by atoms with Gasteiger partial charge in [-0.05, 0) is 24.3 Å². The fourth-order valence-electron chi connectivity index (χ4n) is 3.31. The van der Waals surface area contributed by atoms with Crippen LogP contribution in [0.5, 0.6) is 0 Å². The smallest absolute Gasteiger partial charge is 0.408 e. The first-order valence-corrected chi connectivity index (χ1v) is 11.5. The number of sulfonamides is 1. The summed E-state index contributed by atoms with van der Waals surface area (Å²) in [6.45, 7) is 0.0942. The lowest BCUT2D eigenvalue weighted by Gasteiger charge is -2.12. The van der Waals surface area contributed by atoms with Crippen molar-refractivity contribution in [3.05, 3.63) is 69.1 Å². The molecule has 0 spiro atoms. The Morgan fingerprint density at radius 1 is 1.03 bits per heavy atom. The van der Waals surface area contributed by atoms with Crippen LogP contribution < -0.4 is 10.5 Å². The summed E-state index contributed by atoms with van der Waals surface area (Å²) in [4.78, 5) is 39.6. The number of nitrogens with one attached hydrogen (secondary N) is 2. The number of fused-ring (bicyclic) bond motifs is 2. The molecule has 0 unspecified atom stereocenters. The lowest BCUT2D eigenvalue weighted by Crippen LogP contribution is -2.31. The molecule has 4 aromatic rings. The second-order valence-electron chi connectivity index (χ2n) is 6.84. The van der Waals surface area contributed by atoms with Crippen LogP contribution in [-0.4, -0.2) is 46.9 Å². The summed E-state index contributed by atoms with van der Waals surface area (Å²) < 4.78 is 32.5. The highest BCUT2D eigenvalue weighted by Gasteiger charge is 2.34. The molecule has 1 aliphatic rings. The van der Waals surface area contributed by atoms with Gasteiger partial charge < -0.3 is 4.42 Å². The number of aromatic amines is 1. The van der Waals surface area contributed by atoms with Gasteiger partial charge in [-0.1, -0.05) is 23.5 Å². The molecule has 2 N–H and O–H groups in total. The summed E-state index contributed by atoms with van der Waals surface area (Å²) >= 11 is 0.990. The fraction of sp³-hybridized carbons (Fsp3) is 0.105. The van der Waals surface area contributed by atoms with Crippen LogP contribution in [0.2, 0.25) is 0 Å². The topological polar surface area (TPSA) is 155 Å². The lowest BCUT2D eigenvalue weighted by atomic mass is 10.1. The summed E-state index contributed by atoms with van der Waals surface area (Å²) in [7, 11) is -4.00. The van der Waals surface area contributed by atoms with E-state index in [2.05, 4.69) is 19.9 Å². The van der Waals surface area contributed by atoms with Crippen molar-refractivity contribution in [1.82, 2.24) is 20.1 Å². The van der Waals surface area contributed by atoms with Crippen molar-refractivity contribution in [2.75, 3.05) is 11.3 Å². The first-order chi connectivity index (χ1) is 15.3. The average molecular weight is 471 g/mol. The normalized spacial score (nSPS) is 13.7. The maximum absolute atomic E-state index is 12.6. The van der Waals surface area contributed by atoms with Gasteiger partial charge in [-0.2, -0.15) is 0 Å². The second-order valence-corrected chi connectivity index (χ2v) is 9.58. The zero-order valence-electron chi connectivity index (χ0n) is 16.1. The number of benzene rings is 2. The Bertz CT molecular complexity index is 1520. The molecule has 0 fully saturated rings. The van der Waals surface area contributed by atoms with Crippen LogP contribution in [-0.2, 0) is 16.4 Å². The number of carbonyl (C=O) groups is 2. The van der Waals surface area contributed by atoms with Crippen LogP contribution in [0.1, 0.15) is 25.7 Å². The molecule has 0 saturated heterocycles. The number of anilines is 1. The largest absolute Gasteiger partial charge is 0.417 e. The Labute approximate surface area is 183 Å². The van der Waals surface area contributed by atoms with E-state index in [0.29, 0.717) is 21.7 Å². The summed E-state index contributed by atoms with van der Waals surface area (Å²) in [5, 5.41) is 8.24. The Morgan fingerprint density at radius 3 is 2.47 bits per heavy atom. The molecule has 0 atom stereocenters. The van der Waals surface area contributed by atoms with E-state index in [1.807, 2.05) is 0 Å². The number of imide groups is 1. The van der Waals surface area contributed by atoms with E-state index in [1.54, 1.807) is 24.3 Å². The highest BCUT2D eigenvalue weighted by molar-refractivity contribution is 7.93. The maximum atomic E-state index is 12.6. The Morgan fingerprint density at radius 2 is 1.75 bits per heavy atom. The van der Waals surface area contributed by atoms with Crippen molar-refractivity contribution in [2.24, 2.45) is 0 Å². The number of rotatable bonds is 6. The molecule has 0 bridgehead atoms. The molecular weight excluding hydrogens is 458 g/mol. The molecule has 5 rings (SSSR count). The van der Waals surface area contributed by atoms with Gasteiger partial charge in [0.15, 0.2) is 5.58 Å². The third kappa shape index (κ3) is 3.46. The summed E-state index contributed by atoms with van der Waals surface area (Å²) in [5.41, 5.74) is 1.20. The van der Waals surface area contributed by atoms with E-state index in [9.17, 15) is 22.8 Å². The number of hydrogen-bond donors (Lipinski definition) is 2. The predicted molar refractivity (Wildman–Crippen MR) is 113 cm³/mol. The van der Waals surface area contributed by atoms with E-state index in [1.165, 1.54) is 18.2 Å². The molecule has 0 radical (unpaired) electrons. The minimum atomic E-state index is -4.00. The van der Waals surface area contributed by atoms with Gasteiger partial charge in [0.05, 0.1) is 21.5 Å². The van der Waals surface area contributed by atoms with Crippen molar-refractivity contribution in [3.8, 4) is 0 Å². The fourth-order valence-corrected chi connectivity index (χ4v) is 5.29. The van der Waals surface area contributed by atoms with E-state index >= 15 is 0 Å². The zero-order chi connectivity index (χ0) is 22.5. The van der Waals surface area contributed by atoms with Crippen LogP contribution in [0.15, 0.2) is 56.6 Å². The van der Waals surface area contributed by atoms with Gasteiger partial charge in [-0.3, -0.25) is 24.2 Å². The highest BCUT2D eigenvalue weighted by atomic mass is 32.2. The van der Waals surface area contributed by atoms with Crippen molar-refractivity contribution < 1.29 is 22.4 Å². The number of aromatic nitrogens is 3. The molecule has 13 heteroatoms. The van der Waals surface area contributed by atoms with Gasteiger partial charge in [-0.25, -0.2) is 13.2 Å². The van der Waals surface area contributed by atoms with E-state index in [0.717, 1.165) is 16.2 Å². The molecule has 11 nitrogen and oxygen atoms in total. The highest BCUT2D eigenvalue weighted by Crippen LogP contribution is 2.25. The van der Waals surface area contributed by atoms with Gasteiger partial charge in [-0.15, -0.1) is 10.2 Å². The van der Waals surface area contributed by atoms with Gasteiger partial charge in [0.1, 0.15) is 5.01 Å². The number of H-pyrrole nitrogens is 1. The Hall–Kier alpha value is -3.84. The standard InChI is InChI=1S/C19H13N5O6S2/c25-16-11-3-1-2-4-12(11)17(26)24(16)8-7-15-21-22-18(31-15)23-32(28,29)10-5-6-13-14(9-10)30-19(27)20-13/h1-6,9H,7-8H2,(H,20,27)(H,22,23). The van der Waals surface area contributed by atoms with Crippen LogP contribution >= 0.6 is 11.3 Å². The predicted octanol–water partition coefficient (Wildman–Crippen LogP) is 1.61. The first kappa shape index (κ1) is 20.1. The van der Waals surface area contributed by atoms with E-state index in [4.69, 9.17) is 4.42 Å². The average Bonchev–Trinajstić information content (AvgIpc) is 3.43. The van der Waals surface area contributed by atoms with Crippen LogP contribution in [0.25, 0.3) is 11.1 Å². The van der Waals surface area contributed by atoms with Gasteiger partial charge >= 0.3 is 5.76 Å². The molecule has 162 valence electrons. The molecule has 2 aromatic heterocycles. The van der Waals surface area contributed by atoms with Gasteiger partial charge in [0, 0.05) is 19.0 Å². The van der Waals surface area contributed by atoms with Crippen molar-refractivity contribution in [3.63, 3.8) is 0 Å². The van der Waals surface area contributed by atoms with Gasteiger partial charge in [0.25, 0.3) is 21.8 Å². The van der Waals surface area contributed by atoms with Crippen molar-refractivity contribution >= 4 is 49.4 Å². The number of carbonyl (C=O) groups excluding carboxylic acids is 2. The quantitative estimate of drug-likeness (QED) is 0.402. The molecule has 0 aliphatic carbocycles. The number of amides is 2. The van der Waals surface area contributed by atoms with Crippen molar-refractivity contribution in [2.45, 2.75) is 11.3 Å². The minimum absolute atomic E-state index is 0.0259. The molecule has 0 saturated carbocycles. The minimum Gasteiger partial charge on any atom is -0.408 e. The third-order valence-electron chi connectivity index (χ3n) is 4.82. The van der Waals surface area contributed by atoms with E-state index in [-0.39, 0.29) is 40.4 Å². The SMILES string of the molecule is O=C1c2ccccc2C(=O)N1CCc1nnc(NS(=O)(=O)c2ccc3[nH]c(=O)oc3c2)s1. The molecule has 2 aromatic carbocycles. The summed E-state index contributed by atoms with van der Waals surface area (Å²) in [6, 6.07) is 10.5. The molecule has 2 amide bonds. The maximum Gasteiger partial charge on any atom is 0.417 e. The van der Waals surface area contributed by atoms with Crippen LogP contribution in [0.3, 0.4) is 0 Å². The summed E-state index contributed by atoms with van der Waals surface area (Å²) in [5.74, 6) is -1.43. The zero-order valence-corrected chi connectivity index (χ0v) is 17.7. The van der Waals surface area contributed by atoms with E-state index < -0.39 is 15.8 Å².